The van der Waals surface area contributed by atoms with Crippen LogP contribution in [0.15, 0.2) is 85.1 Å². The maximum Gasteiger partial charge on any atom is 0.220 e. The lowest BCUT2D eigenvalue weighted by Crippen LogP contribution is -2.60. The van der Waals surface area contributed by atoms with Crippen LogP contribution in [0.3, 0.4) is 0 Å². The van der Waals surface area contributed by atoms with Crippen molar-refractivity contribution in [2.45, 2.75) is 333 Å². The monoisotopic (exact) mass is 1090 g/mol. The van der Waals surface area contributed by atoms with Gasteiger partial charge in [0.2, 0.25) is 5.91 Å². The highest BCUT2D eigenvalue weighted by atomic mass is 16.7. The number of hydrogen-bond acceptors (Lipinski definition) is 8. The number of rotatable bonds is 56. The van der Waals surface area contributed by atoms with Gasteiger partial charge in [-0.05, 0) is 77.0 Å². The quantitative estimate of drug-likeness (QED) is 0.0261. The molecule has 0 bridgehead atoms. The first kappa shape index (κ1) is 73.4. The van der Waals surface area contributed by atoms with Crippen molar-refractivity contribution in [1.29, 1.82) is 0 Å². The van der Waals surface area contributed by atoms with Gasteiger partial charge in [0.15, 0.2) is 6.29 Å². The molecule has 0 aromatic rings. The first-order valence-corrected chi connectivity index (χ1v) is 32.8. The Morgan fingerprint density at radius 2 is 0.808 bits per heavy atom. The number of amides is 1. The molecule has 1 saturated heterocycles. The van der Waals surface area contributed by atoms with Gasteiger partial charge in [0.05, 0.1) is 25.4 Å². The van der Waals surface area contributed by atoms with Crippen LogP contribution in [0.25, 0.3) is 0 Å². The fraction of sp³-hybridized carbons (Fsp3) is 0.783. The van der Waals surface area contributed by atoms with E-state index in [0.717, 1.165) is 83.5 Å². The number of carbonyl (C=O) groups is 1. The molecule has 78 heavy (non-hydrogen) atoms. The summed E-state index contributed by atoms with van der Waals surface area (Å²) in [7, 11) is 0. The molecule has 7 unspecified atom stereocenters. The number of hydrogen-bond donors (Lipinski definition) is 6. The Morgan fingerprint density at radius 1 is 0.449 bits per heavy atom. The van der Waals surface area contributed by atoms with Crippen LogP contribution < -0.4 is 5.32 Å². The SMILES string of the molecule is CC/C=C\C/C=C\C/C=C\C/C=C\C/C=C\CCCCCCCCCC(=O)NC(COC1OC(CO)C(O)C(O)C1O)C(O)/C=C/CC/C=C/CCCCCCCCCCCCCCCCCCCCCCCCCCCC. The molecule has 1 rings (SSSR count). The van der Waals surface area contributed by atoms with Gasteiger partial charge in [-0.25, -0.2) is 0 Å². The average Bonchev–Trinajstić information content (AvgIpc) is 3.45. The highest BCUT2D eigenvalue weighted by Crippen LogP contribution is 2.23. The summed E-state index contributed by atoms with van der Waals surface area (Å²) >= 11 is 0. The summed E-state index contributed by atoms with van der Waals surface area (Å²) in [5, 5.41) is 54.6. The molecule has 1 fully saturated rings. The maximum absolute atomic E-state index is 13.1. The zero-order valence-corrected chi connectivity index (χ0v) is 50.4. The Kier molecular flexibility index (Phi) is 54.2. The third-order valence-corrected chi connectivity index (χ3v) is 15.2. The molecular weight excluding hydrogens is 971 g/mol. The van der Waals surface area contributed by atoms with Crippen LogP contribution in [0.1, 0.15) is 290 Å². The van der Waals surface area contributed by atoms with Crippen molar-refractivity contribution in [1.82, 2.24) is 5.32 Å². The van der Waals surface area contributed by atoms with Crippen molar-refractivity contribution in [2.24, 2.45) is 0 Å². The number of carbonyl (C=O) groups excluding carboxylic acids is 1. The summed E-state index contributed by atoms with van der Waals surface area (Å²) in [6.45, 7) is 3.67. The largest absolute Gasteiger partial charge is 0.394 e. The molecule has 1 aliphatic rings. The Hall–Kier alpha value is -2.63. The van der Waals surface area contributed by atoms with Gasteiger partial charge < -0.3 is 40.3 Å². The minimum atomic E-state index is -1.58. The van der Waals surface area contributed by atoms with E-state index < -0.39 is 49.5 Å². The Labute approximate surface area is 480 Å². The molecule has 1 aliphatic heterocycles. The number of unbranched alkanes of at least 4 members (excludes halogenated alkanes) is 34. The average molecular weight is 1090 g/mol. The first-order chi connectivity index (χ1) is 38.3. The molecule has 0 saturated carbocycles. The number of ether oxygens (including phenoxy) is 2. The van der Waals surface area contributed by atoms with Crippen LogP contribution in [0, 0.1) is 0 Å². The minimum absolute atomic E-state index is 0.198. The van der Waals surface area contributed by atoms with Gasteiger partial charge in [-0.15, -0.1) is 0 Å². The fourth-order valence-corrected chi connectivity index (χ4v) is 10.1. The predicted octanol–water partition coefficient (Wildman–Crippen LogP) is 17.4. The molecular formula is C69H123NO8. The molecule has 0 aliphatic carbocycles. The van der Waals surface area contributed by atoms with Gasteiger partial charge in [-0.2, -0.15) is 0 Å². The summed E-state index contributed by atoms with van der Waals surface area (Å²) < 4.78 is 11.3. The standard InChI is InChI=1S/C69H123NO8/c1-3-5-7-9-11-13-15-17-19-21-23-25-27-28-29-30-31-32-33-34-35-37-38-40-42-44-46-48-50-52-54-56-58-63(72)62(61-77-69-68(76)67(75)66(74)64(60-71)78-69)70-65(73)59-57-55-53-51-49-47-45-43-41-39-36-26-24-22-20-18-16-14-12-10-8-6-4-2/h6,8,12,14,18,20,24,26,39,41,48,50,56,58,62-64,66-69,71-72,74-76H,3-5,7,9-11,13,15-17,19,21-23,25,27-38,40,42-47,49,51-55,57,59-61H2,1-2H3,(H,70,73)/b8-6-,14-12-,20-18-,26-24-,41-39-,50-48+,58-56+. The number of nitrogens with one attached hydrogen (secondary N) is 1. The molecule has 1 amide bonds. The molecule has 0 aromatic carbocycles. The van der Waals surface area contributed by atoms with E-state index in [4.69, 9.17) is 9.47 Å². The molecule has 0 spiro atoms. The van der Waals surface area contributed by atoms with Crippen LogP contribution in [0.2, 0.25) is 0 Å². The van der Waals surface area contributed by atoms with Crippen molar-refractivity contribution in [3.05, 3.63) is 85.1 Å². The Balaban J connectivity index is 2.19. The number of aliphatic hydroxyl groups excluding tert-OH is 5. The normalized spacial score (nSPS) is 19.2. The third kappa shape index (κ3) is 46.0. The van der Waals surface area contributed by atoms with Gasteiger partial charge in [0.1, 0.15) is 24.4 Å². The van der Waals surface area contributed by atoms with Crippen molar-refractivity contribution in [3.63, 3.8) is 0 Å². The highest BCUT2D eigenvalue weighted by molar-refractivity contribution is 5.76. The lowest BCUT2D eigenvalue weighted by Gasteiger charge is -2.40. The predicted molar refractivity (Wildman–Crippen MR) is 332 cm³/mol. The van der Waals surface area contributed by atoms with E-state index in [1.807, 2.05) is 6.08 Å². The van der Waals surface area contributed by atoms with Crippen LogP contribution in [-0.4, -0.2) is 87.5 Å². The van der Waals surface area contributed by atoms with Gasteiger partial charge in [-0.3, -0.25) is 4.79 Å². The summed E-state index contributed by atoms with van der Waals surface area (Å²) in [5.74, 6) is -0.198. The van der Waals surface area contributed by atoms with Crippen molar-refractivity contribution in [3.8, 4) is 0 Å². The second-order valence-electron chi connectivity index (χ2n) is 22.5. The van der Waals surface area contributed by atoms with E-state index >= 15 is 0 Å². The van der Waals surface area contributed by atoms with Crippen LogP contribution in [0.5, 0.6) is 0 Å². The second kappa shape index (κ2) is 57.6. The van der Waals surface area contributed by atoms with Gasteiger partial charge in [0, 0.05) is 6.42 Å². The van der Waals surface area contributed by atoms with Gasteiger partial charge >= 0.3 is 0 Å². The van der Waals surface area contributed by atoms with Crippen molar-refractivity contribution >= 4 is 5.91 Å². The summed E-state index contributed by atoms with van der Waals surface area (Å²) in [5.41, 5.74) is 0. The summed E-state index contributed by atoms with van der Waals surface area (Å²) in [6.07, 6.45) is 75.4. The lowest BCUT2D eigenvalue weighted by molar-refractivity contribution is -0.302. The van der Waals surface area contributed by atoms with E-state index in [2.05, 4.69) is 92.1 Å². The van der Waals surface area contributed by atoms with Gasteiger partial charge in [-0.1, -0.05) is 292 Å². The molecule has 9 heteroatoms. The molecule has 7 atom stereocenters. The summed E-state index contributed by atoms with van der Waals surface area (Å²) in [6, 6.07) is -0.835. The van der Waals surface area contributed by atoms with Crippen molar-refractivity contribution < 1.29 is 39.8 Å². The molecule has 452 valence electrons. The zero-order chi connectivity index (χ0) is 56.5. The maximum atomic E-state index is 13.1. The zero-order valence-electron chi connectivity index (χ0n) is 50.4. The van der Waals surface area contributed by atoms with Crippen LogP contribution in [-0.2, 0) is 14.3 Å². The molecule has 0 radical (unpaired) electrons. The fourth-order valence-electron chi connectivity index (χ4n) is 10.1. The smallest absolute Gasteiger partial charge is 0.220 e. The van der Waals surface area contributed by atoms with Crippen LogP contribution in [0.4, 0.5) is 0 Å². The topological polar surface area (TPSA) is 149 Å². The van der Waals surface area contributed by atoms with E-state index in [0.29, 0.717) is 6.42 Å². The first-order valence-electron chi connectivity index (χ1n) is 32.8. The van der Waals surface area contributed by atoms with E-state index in [9.17, 15) is 30.3 Å². The van der Waals surface area contributed by atoms with Gasteiger partial charge in [0.25, 0.3) is 0 Å². The molecule has 1 heterocycles. The Morgan fingerprint density at radius 3 is 1.23 bits per heavy atom. The molecule has 9 nitrogen and oxygen atoms in total. The Bertz CT molecular complexity index is 1500. The minimum Gasteiger partial charge on any atom is -0.394 e. The lowest BCUT2D eigenvalue weighted by atomic mass is 9.99. The second-order valence-corrected chi connectivity index (χ2v) is 22.5. The van der Waals surface area contributed by atoms with E-state index in [1.165, 1.54) is 186 Å². The third-order valence-electron chi connectivity index (χ3n) is 15.2. The van der Waals surface area contributed by atoms with Crippen molar-refractivity contribution in [2.75, 3.05) is 13.2 Å². The van der Waals surface area contributed by atoms with E-state index in [1.54, 1.807) is 6.08 Å². The summed E-state index contributed by atoms with van der Waals surface area (Å²) in [4.78, 5) is 13.1. The highest BCUT2D eigenvalue weighted by Gasteiger charge is 2.44. The molecule has 0 aromatic heterocycles. The van der Waals surface area contributed by atoms with E-state index in [-0.39, 0.29) is 12.5 Å². The number of allylic oxidation sites excluding steroid dienone is 13. The molecule has 6 N–H and O–H groups in total. The number of aliphatic hydroxyl groups is 5. The van der Waals surface area contributed by atoms with Crippen LogP contribution >= 0.6 is 0 Å².